The Balaban J connectivity index is 3.00. The van der Waals surface area contributed by atoms with Crippen LogP contribution in [0.1, 0.15) is 25.1 Å². The Labute approximate surface area is 81.7 Å². The maximum absolute atomic E-state index is 11.1. The van der Waals surface area contributed by atoms with Crippen molar-refractivity contribution in [1.29, 1.82) is 0 Å². The molecule has 0 radical (unpaired) electrons. The molecule has 0 spiro atoms. The summed E-state index contributed by atoms with van der Waals surface area (Å²) < 4.78 is 22.3. The standard InChI is InChI=1S/C7H12N2O2S2/c1-3-5(8)6-4-12-7(9-6)13(2,10)11/h4-5H,3,8H2,1-2H3. The van der Waals surface area contributed by atoms with E-state index in [0.29, 0.717) is 5.69 Å². The average Bonchev–Trinajstić information content (AvgIpc) is 2.50. The summed E-state index contributed by atoms with van der Waals surface area (Å²) in [6, 6.07) is -0.160. The number of hydrogen-bond acceptors (Lipinski definition) is 5. The number of thiazole rings is 1. The van der Waals surface area contributed by atoms with Crippen molar-refractivity contribution >= 4 is 21.2 Å². The Hall–Kier alpha value is -0.460. The van der Waals surface area contributed by atoms with Crippen molar-refractivity contribution in [3.05, 3.63) is 11.1 Å². The third kappa shape index (κ3) is 2.49. The second-order valence-corrected chi connectivity index (χ2v) is 5.87. The van der Waals surface area contributed by atoms with Gasteiger partial charge in [0.1, 0.15) is 0 Å². The Kier molecular flexibility index (Phi) is 3.05. The van der Waals surface area contributed by atoms with Crippen LogP contribution in [0.4, 0.5) is 0 Å². The first-order valence-corrected chi connectivity index (χ1v) is 6.63. The minimum absolute atomic E-state index is 0.145. The maximum Gasteiger partial charge on any atom is 0.209 e. The molecule has 0 aliphatic rings. The molecule has 1 heterocycles. The van der Waals surface area contributed by atoms with Crippen LogP contribution in [-0.4, -0.2) is 19.7 Å². The van der Waals surface area contributed by atoms with Crippen LogP contribution in [0.3, 0.4) is 0 Å². The number of hydrogen-bond donors (Lipinski definition) is 1. The molecule has 1 atom stereocenters. The highest BCUT2D eigenvalue weighted by molar-refractivity contribution is 7.92. The van der Waals surface area contributed by atoms with E-state index in [2.05, 4.69) is 4.98 Å². The van der Waals surface area contributed by atoms with E-state index in [1.165, 1.54) is 0 Å². The van der Waals surface area contributed by atoms with Crippen LogP contribution in [0, 0.1) is 0 Å². The molecule has 0 saturated heterocycles. The number of nitrogens with two attached hydrogens (primary N) is 1. The Morgan fingerprint density at radius 3 is 2.69 bits per heavy atom. The van der Waals surface area contributed by atoms with Crippen molar-refractivity contribution < 1.29 is 8.42 Å². The first-order valence-electron chi connectivity index (χ1n) is 3.86. The normalized spacial score (nSPS) is 14.4. The molecule has 1 unspecified atom stereocenters. The lowest BCUT2D eigenvalue weighted by Gasteiger charge is -2.02. The van der Waals surface area contributed by atoms with Gasteiger partial charge in [-0.05, 0) is 6.42 Å². The quantitative estimate of drug-likeness (QED) is 0.823. The third-order valence-electron chi connectivity index (χ3n) is 1.64. The van der Waals surface area contributed by atoms with Crippen LogP contribution in [0.15, 0.2) is 9.72 Å². The molecule has 0 fully saturated rings. The molecule has 0 aliphatic carbocycles. The van der Waals surface area contributed by atoms with Crippen LogP contribution < -0.4 is 5.73 Å². The van der Waals surface area contributed by atoms with Gasteiger partial charge in [-0.15, -0.1) is 11.3 Å². The van der Waals surface area contributed by atoms with Crippen molar-refractivity contribution in [1.82, 2.24) is 4.98 Å². The SMILES string of the molecule is CCC(N)c1csc(S(C)(=O)=O)n1. The van der Waals surface area contributed by atoms with Gasteiger partial charge in [-0.3, -0.25) is 0 Å². The number of sulfone groups is 1. The smallest absolute Gasteiger partial charge is 0.209 e. The molecule has 13 heavy (non-hydrogen) atoms. The first kappa shape index (κ1) is 10.6. The van der Waals surface area contributed by atoms with Gasteiger partial charge in [0, 0.05) is 17.7 Å². The van der Waals surface area contributed by atoms with E-state index in [1.807, 2.05) is 6.92 Å². The number of aromatic nitrogens is 1. The lowest BCUT2D eigenvalue weighted by atomic mass is 10.2. The molecule has 0 saturated carbocycles. The van der Waals surface area contributed by atoms with Gasteiger partial charge < -0.3 is 5.73 Å². The molecular formula is C7H12N2O2S2. The van der Waals surface area contributed by atoms with Crippen molar-refractivity contribution in [2.45, 2.75) is 23.7 Å². The fourth-order valence-corrected chi connectivity index (χ4v) is 2.54. The summed E-state index contributed by atoms with van der Waals surface area (Å²) in [5.41, 5.74) is 6.36. The Morgan fingerprint density at radius 1 is 1.69 bits per heavy atom. The van der Waals surface area contributed by atoms with Crippen molar-refractivity contribution in [3.63, 3.8) is 0 Å². The van der Waals surface area contributed by atoms with E-state index in [0.717, 1.165) is 24.0 Å². The van der Waals surface area contributed by atoms with E-state index >= 15 is 0 Å². The second-order valence-electron chi connectivity index (χ2n) is 2.83. The molecule has 0 aliphatic heterocycles. The van der Waals surface area contributed by atoms with Gasteiger partial charge in [-0.2, -0.15) is 0 Å². The molecule has 0 aromatic carbocycles. The van der Waals surface area contributed by atoms with E-state index in [4.69, 9.17) is 5.73 Å². The van der Waals surface area contributed by atoms with Crippen molar-refractivity contribution in [2.24, 2.45) is 5.73 Å². The van der Waals surface area contributed by atoms with E-state index < -0.39 is 9.84 Å². The second kappa shape index (κ2) is 3.73. The molecule has 1 aromatic heterocycles. The van der Waals surface area contributed by atoms with Gasteiger partial charge in [0.05, 0.1) is 5.69 Å². The van der Waals surface area contributed by atoms with Crippen LogP contribution in [-0.2, 0) is 9.84 Å². The first-order chi connectivity index (χ1) is 5.95. The van der Waals surface area contributed by atoms with Crippen LogP contribution >= 0.6 is 11.3 Å². The molecule has 1 rings (SSSR count). The molecule has 6 heteroatoms. The Bertz CT molecular complexity index is 383. The minimum atomic E-state index is -3.17. The summed E-state index contributed by atoms with van der Waals surface area (Å²) in [5.74, 6) is 0. The molecule has 0 amide bonds. The zero-order chi connectivity index (χ0) is 10.1. The zero-order valence-corrected chi connectivity index (χ0v) is 9.15. The molecule has 0 bridgehead atoms. The molecule has 4 nitrogen and oxygen atoms in total. The third-order valence-corrected chi connectivity index (χ3v) is 4.21. The van der Waals surface area contributed by atoms with E-state index in [1.54, 1.807) is 5.38 Å². The molecule has 2 N–H and O–H groups in total. The van der Waals surface area contributed by atoms with E-state index in [9.17, 15) is 8.42 Å². The van der Waals surface area contributed by atoms with Gasteiger partial charge in [0.15, 0.2) is 0 Å². The Morgan fingerprint density at radius 2 is 2.31 bits per heavy atom. The maximum atomic E-state index is 11.1. The topological polar surface area (TPSA) is 73.1 Å². The highest BCUT2D eigenvalue weighted by Gasteiger charge is 2.14. The fourth-order valence-electron chi connectivity index (χ4n) is 0.819. The monoisotopic (exact) mass is 220 g/mol. The number of nitrogens with zero attached hydrogens (tertiary/aromatic N) is 1. The average molecular weight is 220 g/mol. The fraction of sp³-hybridized carbons (Fsp3) is 0.571. The predicted octanol–water partition coefficient (Wildman–Crippen LogP) is 0.956. The highest BCUT2D eigenvalue weighted by Crippen LogP contribution is 2.20. The number of rotatable bonds is 3. The highest BCUT2D eigenvalue weighted by atomic mass is 32.2. The van der Waals surface area contributed by atoms with Gasteiger partial charge >= 0.3 is 0 Å². The van der Waals surface area contributed by atoms with Gasteiger partial charge in [0.2, 0.25) is 14.2 Å². The molecule has 1 aromatic rings. The van der Waals surface area contributed by atoms with Crippen LogP contribution in [0.5, 0.6) is 0 Å². The van der Waals surface area contributed by atoms with Crippen LogP contribution in [0.25, 0.3) is 0 Å². The summed E-state index contributed by atoms with van der Waals surface area (Å²) >= 11 is 1.12. The minimum Gasteiger partial charge on any atom is -0.323 e. The van der Waals surface area contributed by atoms with Gasteiger partial charge in [-0.25, -0.2) is 13.4 Å². The van der Waals surface area contributed by atoms with Crippen molar-refractivity contribution in [2.75, 3.05) is 6.26 Å². The lowest BCUT2D eigenvalue weighted by molar-refractivity contribution is 0.599. The summed E-state index contributed by atoms with van der Waals surface area (Å²) in [4.78, 5) is 3.96. The van der Waals surface area contributed by atoms with E-state index in [-0.39, 0.29) is 10.4 Å². The largest absolute Gasteiger partial charge is 0.323 e. The van der Waals surface area contributed by atoms with Crippen LogP contribution in [0.2, 0.25) is 0 Å². The lowest BCUT2D eigenvalue weighted by Crippen LogP contribution is -2.09. The summed E-state index contributed by atoms with van der Waals surface area (Å²) in [6.45, 7) is 1.93. The summed E-state index contributed by atoms with van der Waals surface area (Å²) in [6.07, 6.45) is 1.90. The molecule has 74 valence electrons. The van der Waals surface area contributed by atoms with Crippen molar-refractivity contribution in [3.8, 4) is 0 Å². The summed E-state index contributed by atoms with van der Waals surface area (Å²) in [7, 11) is -3.17. The van der Waals surface area contributed by atoms with Gasteiger partial charge in [-0.1, -0.05) is 6.92 Å². The zero-order valence-electron chi connectivity index (χ0n) is 7.52. The van der Waals surface area contributed by atoms with Gasteiger partial charge in [0.25, 0.3) is 0 Å². The molecular weight excluding hydrogens is 208 g/mol. The summed E-state index contributed by atoms with van der Waals surface area (Å²) in [5, 5.41) is 1.70. The predicted molar refractivity (Wildman–Crippen MR) is 52.4 cm³/mol.